The summed E-state index contributed by atoms with van der Waals surface area (Å²) in [5, 5.41) is 0. The third kappa shape index (κ3) is 3.35. The Morgan fingerprint density at radius 2 is 1.67 bits per heavy atom. The van der Waals surface area contributed by atoms with Crippen LogP contribution in [0.3, 0.4) is 0 Å². The van der Waals surface area contributed by atoms with E-state index in [1.807, 2.05) is 32.0 Å². The molecule has 10 heteroatoms. The highest BCUT2D eigenvalue weighted by Gasteiger charge is 2.69. The first-order valence-corrected chi connectivity index (χ1v) is 12.7. The van der Waals surface area contributed by atoms with Gasteiger partial charge in [0.15, 0.2) is 9.84 Å². The summed E-state index contributed by atoms with van der Waals surface area (Å²) in [4.78, 5) is 26.8. The van der Waals surface area contributed by atoms with Crippen molar-refractivity contribution in [3.63, 3.8) is 0 Å². The monoisotopic (exact) mass is 514 g/mol. The van der Waals surface area contributed by atoms with Gasteiger partial charge in [-0.1, -0.05) is 48.0 Å². The Morgan fingerprint density at radius 1 is 0.944 bits per heavy atom. The summed E-state index contributed by atoms with van der Waals surface area (Å²) < 4.78 is 67.6. The van der Waals surface area contributed by atoms with Gasteiger partial charge in [0.05, 0.1) is 17.8 Å². The smallest absolute Gasteiger partial charge is 0.304 e. The summed E-state index contributed by atoms with van der Waals surface area (Å²) >= 11 is 0. The molecular formula is C26H21F3N2O4S. The van der Waals surface area contributed by atoms with Crippen molar-refractivity contribution in [1.82, 2.24) is 0 Å². The zero-order valence-corrected chi connectivity index (χ0v) is 20.2. The highest BCUT2D eigenvalue weighted by molar-refractivity contribution is 7.94. The average Bonchev–Trinajstić information content (AvgIpc) is 3.18. The zero-order valence-electron chi connectivity index (χ0n) is 19.3. The fourth-order valence-corrected chi connectivity index (χ4v) is 7.04. The fraction of sp³-hybridized carbons (Fsp3) is 0.231. The lowest BCUT2D eigenvalue weighted by molar-refractivity contribution is -0.137. The van der Waals surface area contributed by atoms with E-state index >= 15 is 0 Å². The third-order valence-electron chi connectivity index (χ3n) is 6.69. The quantitative estimate of drug-likeness (QED) is 0.517. The lowest BCUT2D eigenvalue weighted by atomic mass is 10.0. The van der Waals surface area contributed by atoms with Gasteiger partial charge in [0, 0.05) is 11.3 Å². The predicted molar refractivity (Wildman–Crippen MR) is 128 cm³/mol. The van der Waals surface area contributed by atoms with E-state index < -0.39 is 44.0 Å². The Bertz CT molecular complexity index is 1530. The van der Waals surface area contributed by atoms with Crippen LogP contribution >= 0.6 is 0 Å². The summed E-state index contributed by atoms with van der Waals surface area (Å²) in [6.07, 6.45) is -4.73. The molecule has 3 aromatic carbocycles. The van der Waals surface area contributed by atoms with Crippen LogP contribution in [0, 0.1) is 13.8 Å². The van der Waals surface area contributed by atoms with Crippen molar-refractivity contribution < 1.29 is 31.2 Å². The van der Waals surface area contributed by atoms with Crippen LogP contribution in [-0.4, -0.2) is 26.0 Å². The lowest BCUT2D eigenvalue weighted by Crippen LogP contribution is -2.54. The van der Waals surface area contributed by atoms with Crippen molar-refractivity contribution in [2.24, 2.45) is 0 Å². The Morgan fingerprint density at radius 3 is 2.39 bits per heavy atom. The highest BCUT2D eigenvalue weighted by atomic mass is 32.2. The number of aryl methyl sites for hydroxylation is 2. The summed E-state index contributed by atoms with van der Waals surface area (Å²) in [5.41, 5.74) is 1.57. The number of carbonyl (C=O) groups is 2. The van der Waals surface area contributed by atoms with Gasteiger partial charge in [-0.25, -0.2) is 8.42 Å². The fourth-order valence-electron chi connectivity index (χ4n) is 5.01. The van der Waals surface area contributed by atoms with Gasteiger partial charge in [-0.2, -0.15) is 13.2 Å². The second kappa shape index (κ2) is 7.92. The number of carbonyl (C=O) groups excluding carboxylic acids is 2. The van der Waals surface area contributed by atoms with Crippen LogP contribution in [0.15, 0.2) is 66.7 Å². The Balaban J connectivity index is 1.74. The Kier molecular flexibility index (Phi) is 5.29. The molecule has 6 nitrogen and oxygen atoms in total. The number of anilines is 2. The van der Waals surface area contributed by atoms with Crippen molar-refractivity contribution in [2.45, 2.75) is 31.4 Å². The topological polar surface area (TPSA) is 74.8 Å². The van der Waals surface area contributed by atoms with E-state index in [1.54, 1.807) is 12.1 Å². The van der Waals surface area contributed by atoms with E-state index in [2.05, 4.69) is 0 Å². The van der Waals surface area contributed by atoms with Crippen LogP contribution in [-0.2, 0) is 37.0 Å². The first-order chi connectivity index (χ1) is 16.9. The molecule has 1 saturated heterocycles. The molecule has 186 valence electrons. The average molecular weight is 515 g/mol. The molecule has 0 N–H and O–H groups in total. The molecule has 0 aliphatic carbocycles. The van der Waals surface area contributed by atoms with Gasteiger partial charge in [-0.3, -0.25) is 14.5 Å². The second-order valence-corrected chi connectivity index (χ2v) is 11.1. The maximum Gasteiger partial charge on any atom is 0.416 e. The van der Waals surface area contributed by atoms with E-state index in [0.29, 0.717) is 11.8 Å². The molecule has 1 fully saturated rings. The molecule has 2 heterocycles. The number of sulfone groups is 1. The van der Waals surface area contributed by atoms with Crippen molar-refractivity contribution in [3.05, 3.63) is 94.5 Å². The number of halogens is 3. The molecule has 3 aromatic rings. The molecule has 2 aliphatic rings. The maximum absolute atomic E-state index is 14.1. The summed E-state index contributed by atoms with van der Waals surface area (Å²) in [5.74, 6) is -2.86. The normalized spacial score (nSPS) is 20.9. The number of rotatable bonds is 3. The predicted octanol–water partition coefficient (Wildman–Crippen LogP) is 4.48. The lowest BCUT2D eigenvalue weighted by Gasteiger charge is -2.33. The SMILES string of the molecule is Cc1ccc(C)c(CN2C(=O)[C@@]3(c4ccccc42)N(c2cccc(C(F)(F)F)c2)C(=O)CS3(=O)=O)c1. The van der Waals surface area contributed by atoms with E-state index in [4.69, 9.17) is 0 Å². The first kappa shape index (κ1) is 24.1. The zero-order chi connectivity index (χ0) is 26.0. The summed E-state index contributed by atoms with van der Waals surface area (Å²) in [7, 11) is -4.48. The summed E-state index contributed by atoms with van der Waals surface area (Å²) in [6.45, 7) is 3.78. The minimum Gasteiger partial charge on any atom is -0.304 e. The van der Waals surface area contributed by atoms with Gasteiger partial charge in [-0.15, -0.1) is 0 Å². The van der Waals surface area contributed by atoms with Crippen LogP contribution in [0.25, 0.3) is 0 Å². The van der Waals surface area contributed by atoms with Gasteiger partial charge >= 0.3 is 6.18 Å². The van der Waals surface area contributed by atoms with Crippen molar-refractivity contribution in [1.29, 1.82) is 0 Å². The standard InChI is InChI=1S/C26H21F3N2O4S/c1-16-10-11-17(2)18(12-16)14-30-22-9-4-3-8-21(22)25(24(30)33)31(23(32)15-36(25,34)35)20-7-5-6-19(13-20)26(27,28)29/h3-13H,14-15H2,1-2H3/t25-/m0/s1. The van der Waals surface area contributed by atoms with Crippen LogP contribution in [0.5, 0.6) is 0 Å². The maximum atomic E-state index is 14.1. The van der Waals surface area contributed by atoms with E-state index in [-0.39, 0.29) is 17.8 Å². The number of amides is 2. The minimum absolute atomic E-state index is 0.0330. The van der Waals surface area contributed by atoms with Gasteiger partial charge in [0.25, 0.3) is 10.8 Å². The van der Waals surface area contributed by atoms with Crippen molar-refractivity contribution in [2.75, 3.05) is 15.6 Å². The van der Waals surface area contributed by atoms with Gasteiger partial charge in [0.2, 0.25) is 5.91 Å². The van der Waals surface area contributed by atoms with E-state index in [0.717, 1.165) is 33.7 Å². The number of hydrogen-bond acceptors (Lipinski definition) is 4. The minimum atomic E-state index is -4.73. The first-order valence-electron chi connectivity index (χ1n) is 11.1. The van der Waals surface area contributed by atoms with Crippen molar-refractivity contribution >= 4 is 33.0 Å². The number of nitrogens with zero attached hydrogens (tertiary/aromatic N) is 2. The van der Waals surface area contributed by atoms with E-state index in [1.165, 1.54) is 23.1 Å². The molecule has 0 unspecified atom stereocenters. The Hall–Kier alpha value is -3.66. The van der Waals surface area contributed by atoms with Crippen molar-refractivity contribution in [3.8, 4) is 0 Å². The molecule has 0 bridgehead atoms. The molecule has 1 spiro atoms. The molecular weight excluding hydrogens is 493 g/mol. The number of alkyl halides is 3. The largest absolute Gasteiger partial charge is 0.416 e. The second-order valence-electron chi connectivity index (χ2n) is 9.02. The number of hydrogen-bond donors (Lipinski definition) is 0. The molecule has 1 atom stereocenters. The summed E-state index contributed by atoms with van der Waals surface area (Å²) in [6, 6.07) is 15.7. The van der Waals surface area contributed by atoms with Gasteiger partial charge in [-0.05, 0) is 49.2 Å². The third-order valence-corrected chi connectivity index (χ3v) is 8.79. The number of para-hydroxylation sites is 1. The molecule has 0 aromatic heterocycles. The number of benzene rings is 3. The molecule has 2 amide bonds. The van der Waals surface area contributed by atoms with Gasteiger partial charge in [0.1, 0.15) is 5.75 Å². The van der Waals surface area contributed by atoms with Crippen LogP contribution < -0.4 is 9.80 Å². The van der Waals surface area contributed by atoms with Gasteiger partial charge < -0.3 is 4.90 Å². The van der Waals surface area contributed by atoms with Crippen LogP contribution in [0.4, 0.5) is 24.5 Å². The Labute approximate surface area is 205 Å². The highest BCUT2D eigenvalue weighted by Crippen LogP contribution is 2.53. The number of fused-ring (bicyclic) bond motifs is 2. The molecule has 0 saturated carbocycles. The van der Waals surface area contributed by atoms with E-state index in [9.17, 15) is 31.2 Å². The molecule has 2 aliphatic heterocycles. The molecule has 0 radical (unpaired) electrons. The molecule has 5 rings (SSSR count). The molecule has 36 heavy (non-hydrogen) atoms. The van der Waals surface area contributed by atoms with Crippen LogP contribution in [0.1, 0.15) is 27.8 Å². The van der Waals surface area contributed by atoms with Crippen LogP contribution in [0.2, 0.25) is 0 Å².